The molecule has 1 N–H and O–H groups in total. The Morgan fingerprint density at radius 2 is 1.82 bits per heavy atom. The van der Waals surface area contributed by atoms with Crippen molar-refractivity contribution < 1.29 is 9.53 Å². The molecule has 140 valence electrons. The van der Waals surface area contributed by atoms with Crippen molar-refractivity contribution in [2.75, 3.05) is 12.4 Å². The van der Waals surface area contributed by atoms with E-state index in [2.05, 4.69) is 15.4 Å². The third-order valence-corrected chi connectivity index (χ3v) is 5.04. The molecule has 2 aromatic carbocycles. The first-order valence-electron chi connectivity index (χ1n) is 8.44. The van der Waals surface area contributed by atoms with E-state index in [0.717, 1.165) is 17.0 Å². The van der Waals surface area contributed by atoms with Gasteiger partial charge in [-0.3, -0.25) is 14.9 Å². The van der Waals surface area contributed by atoms with Gasteiger partial charge in [-0.1, -0.05) is 18.2 Å². The summed E-state index contributed by atoms with van der Waals surface area (Å²) in [6, 6.07) is 14.4. The zero-order valence-electron chi connectivity index (χ0n) is 15.2. The van der Waals surface area contributed by atoms with Crippen molar-refractivity contribution in [1.82, 2.24) is 14.8 Å². The van der Waals surface area contributed by atoms with Gasteiger partial charge in [0.25, 0.3) is 11.5 Å². The van der Waals surface area contributed by atoms with Gasteiger partial charge in [-0.2, -0.15) is 5.10 Å². The number of nitrogens with one attached hydrogen (secondary N) is 1. The molecule has 7 nitrogen and oxygen atoms in total. The molecule has 0 fully saturated rings. The summed E-state index contributed by atoms with van der Waals surface area (Å²) in [5.41, 5.74) is 1.60. The average Bonchev–Trinajstić information content (AvgIpc) is 3.19. The summed E-state index contributed by atoms with van der Waals surface area (Å²) < 4.78 is 6.33. The first kappa shape index (κ1) is 17.9. The standard InChI is InChI=1S/C20H16N4O3S/c1-24-19(26)15-6-4-3-5-14(15)17(23-24)18(25)22-20-21-16(11-28-20)12-7-9-13(27-2)10-8-12/h3-11H,1-2H3,(H,21,22,25). The third kappa shape index (κ3) is 3.25. The Hall–Kier alpha value is -3.52. The van der Waals surface area contributed by atoms with E-state index in [1.807, 2.05) is 29.6 Å². The minimum Gasteiger partial charge on any atom is -0.497 e. The van der Waals surface area contributed by atoms with Crippen molar-refractivity contribution in [2.24, 2.45) is 7.05 Å². The van der Waals surface area contributed by atoms with Crippen molar-refractivity contribution in [3.8, 4) is 17.0 Å². The van der Waals surface area contributed by atoms with Crippen LogP contribution >= 0.6 is 11.3 Å². The molecule has 2 heterocycles. The molecule has 0 spiro atoms. The smallest absolute Gasteiger partial charge is 0.278 e. The Kier molecular flexibility index (Phi) is 4.62. The lowest BCUT2D eigenvalue weighted by atomic mass is 10.1. The van der Waals surface area contributed by atoms with Crippen LogP contribution in [0.3, 0.4) is 0 Å². The topological polar surface area (TPSA) is 86.1 Å². The summed E-state index contributed by atoms with van der Waals surface area (Å²) in [6.45, 7) is 0. The molecule has 0 bridgehead atoms. The first-order chi connectivity index (χ1) is 13.6. The van der Waals surface area contributed by atoms with Crippen molar-refractivity contribution >= 4 is 33.1 Å². The molecule has 2 aromatic heterocycles. The van der Waals surface area contributed by atoms with Crippen LogP contribution in [0, 0.1) is 0 Å². The van der Waals surface area contributed by atoms with Crippen LogP contribution in [-0.4, -0.2) is 27.8 Å². The van der Waals surface area contributed by atoms with E-state index in [9.17, 15) is 9.59 Å². The molecule has 0 saturated carbocycles. The van der Waals surface area contributed by atoms with Crippen molar-refractivity contribution in [2.45, 2.75) is 0 Å². The number of aromatic nitrogens is 3. The molecule has 4 rings (SSSR count). The van der Waals surface area contributed by atoms with Crippen LogP contribution in [0.4, 0.5) is 5.13 Å². The molecule has 1 amide bonds. The van der Waals surface area contributed by atoms with Gasteiger partial charge in [0.15, 0.2) is 10.8 Å². The van der Waals surface area contributed by atoms with Gasteiger partial charge in [-0.25, -0.2) is 9.67 Å². The number of anilines is 1. The number of ether oxygens (including phenoxy) is 1. The summed E-state index contributed by atoms with van der Waals surface area (Å²) in [7, 11) is 3.14. The van der Waals surface area contributed by atoms with Crippen LogP contribution in [0.5, 0.6) is 5.75 Å². The molecular weight excluding hydrogens is 376 g/mol. The van der Waals surface area contributed by atoms with Gasteiger partial charge in [0.05, 0.1) is 18.2 Å². The number of hydrogen-bond acceptors (Lipinski definition) is 6. The predicted molar refractivity (Wildman–Crippen MR) is 109 cm³/mol. The second-order valence-electron chi connectivity index (χ2n) is 6.04. The van der Waals surface area contributed by atoms with Gasteiger partial charge >= 0.3 is 0 Å². The number of carbonyl (C=O) groups is 1. The summed E-state index contributed by atoms with van der Waals surface area (Å²) >= 11 is 1.32. The lowest BCUT2D eigenvalue weighted by molar-refractivity contribution is 0.102. The van der Waals surface area contributed by atoms with Crippen LogP contribution in [-0.2, 0) is 7.05 Å². The summed E-state index contributed by atoms with van der Waals surface area (Å²) in [5, 5.41) is 10.2. The maximum absolute atomic E-state index is 12.8. The number of methoxy groups -OCH3 is 1. The average molecular weight is 392 g/mol. The number of thiazole rings is 1. The number of fused-ring (bicyclic) bond motifs is 1. The van der Waals surface area contributed by atoms with Gasteiger partial charge in [0, 0.05) is 23.4 Å². The number of carbonyl (C=O) groups excluding carboxylic acids is 1. The lowest BCUT2D eigenvalue weighted by Crippen LogP contribution is -2.25. The fourth-order valence-electron chi connectivity index (χ4n) is 2.85. The maximum atomic E-state index is 12.8. The largest absolute Gasteiger partial charge is 0.497 e. The Bertz CT molecular complexity index is 1230. The zero-order valence-corrected chi connectivity index (χ0v) is 16.0. The molecule has 0 aliphatic rings. The molecule has 8 heteroatoms. The van der Waals surface area contributed by atoms with Gasteiger partial charge in [-0.05, 0) is 30.3 Å². The van der Waals surface area contributed by atoms with E-state index in [-0.39, 0.29) is 11.3 Å². The lowest BCUT2D eigenvalue weighted by Gasteiger charge is -2.07. The normalized spacial score (nSPS) is 10.8. The molecule has 0 aliphatic heterocycles. The SMILES string of the molecule is COc1ccc(-c2csc(NC(=O)c3nn(C)c(=O)c4ccccc34)n2)cc1. The number of hydrogen-bond donors (Lipinski definition) is 1. The minimum absolute atomic E-state index is 0.180. The summed E-state index contributed by atoms with van der Waals surface area (Å²) in [4.78, 5) is 29.5. The van der Waals surface area contributed by atoms with Crippen molar-refractivity contribution in [3.63, 3.8) is 0 Å². The van der Waals surface area contributed by atoms with Crippen LogP contribution in [0.2, 0.25) is 0 Å². The monoisotopic (exact) mass is 392 g/mol. The molecular formula is C20H16N4O3S. The van der Waals surface area contributed by atoms with E-state index in [0.29, 0.717) is 15.9 Å². The predicted octanol–water partition coefficient (Wildman–Crippen LogP) is 3.32. The number of aryl methyl sites for hydroxylation is 1. The molecule has 0 saturated heterocycles. The zero-order chi connectivity index (χ0) is 19.7. The number of rotatable bonds is 4. The van der Waals surface area contributed by atoms with Crippen LogP contribution < -0.4 is 15.6 Å². The van der Waals surface area contributed by atoms with E-state index >= 15 is 0 Å². The number of benzene rings is 2. The molecule has 0 unspecified atom stereocenters. The van der Waals surface area contributed by atoms with Crippen LogP contribution in [0.25, 0.3) is 22.0 Å². The highest BCUT2D eigenvalue weighted by Gasteiger charge is 2.17. The molecule has 0 aliphatic carbocycles. The Balaban J connectivity index is 1.63. The van der Waals surface area contributed by atoms with E-state index in [1.165, 1.54) is 23.1 Å². The quantitative estimate of drug-likeness (QED) is 0.576. The Labute approximate surface area is 164 Å². The highest BCUT2D eigenvalue weighted by atomic mass is 32.1. The van der Waals surface area contributed by atoms with Crippen molar-refractivity contribution in [1.29, 1.82) is 0 Å². The van der Waals surface area contributed by atoms with Gasteiger partial charge < -0.3 is 4.74 Å². The summed E-state index contributed by atoms with van der Waals surface area (Å²) in [6.07, 6.45) is 0. The fourth-order valence-corrected chi connectivity index (χ4v) is 3.56. The molecule has 0 radical (unpaired) electrons. The van der Waals surface area contributed by atoms with Crippen LogP contribution in [0.1, 0.15) is 10.5 Å². The fraction of sp³-hybridized carbons (Fsp3) is 0.100. The maximum Gasteiger partial charge on any atom is 0.278 e. The van der Waals surface area contributed by atoms with Gasteiger partial charge in [0.2, 0.25) is 0 Å². The van der Waals surface area contributed by atoms with Crippen molar-refractivity contribution in [3.05, 3.63) is 70.0 Å². The van der Waals surface area contributed by atoms with E-state index < -0.39 is 5.91 Å². The van der Waals surface area contributed by atoms with E-state index in [1.54, 1.807) is 31.4 Å². The van der Waals surface area contributed by atoms with E-state index in [4.69, 9.17) is 4.74 Å². The minimum atomic E-state index is -0.414. The summed E-state index contributed by atoms with van der Waals surface area (Å²) in [5.74, 6) is 0.350. The number of amides is 1. The van der Waals surface area contributed by atoms with Gasteiger partial charge in [0.1, 0.15) is 5.75 Å². The Morgan fingerprint density at radius 3 is 2.54 bits per heavy atom. The van der Waals surface area contributed by atoms with Gasteiger partial charge in [-0.15, -0.1) is 11.3 Å². The molecule has 28 heavy (non-hydrogen) atoms. The van der Waals surface area contributed by atoms with Crippen LogP contribution in [0.15, 0.2) is 58.7 Å². The first-order valence-corrected chi connectivity index (χ1v) is 9.32. The highest BCUT2D eigenvalue weighted by molar-refractivity contribution is 7.14. The molecule has 0 atom stereocenters. The second-order valence-corrected chi connectivity index (χ2v) is 6.90. The Morgan fingerprint density at radius 1 is 1.11 bits per heavy atom. The molecule has 4 aromatic rings. The number of nitrogens with zero attached hydrogens (tertiary/aromatic N) is 3. The highest BCUT2D eigenvalue weighted by Crippen LogP contribution is 2.27. The third-order valence-electron chi connectivity index (χ3n) is 4.28. The second kappa shape index (κ2) is 7.24.